The van der Waals surface area contributed by atoms with Crippen molar-refractivity contribution in [3.63, 3.8) is 0 Å². The summed E-state index contributed by atoms with van der Waals surface area (Å²) in [5.41, 5.74) is -0.549. The number of halogens is 4. The number of nitrogens with one attached hydrogen (secondary N) is 1. The molecule has 0 spiro atoms. The number of carbonyl (C=O) groups is 1. The molecule has 1 saturated heterocycles. The van der Waals surface area contributed by atoms with Crippen LogP contribution in [0.5, 0.6) is 0 Å². The van der Waals surface area contributed by atoms with Crippen molar-refractivity contribution in [3.05, 3.63) is 59.4 Å². The molecule has 28 heavy (non-hydrogen) atoms. The van der Waals surface area contributed by atoms with Gasteiger partial charge in [0.2, 0.25) is 0 Å². The molecule has 1 atom stereocenters. The number of carbonyl (C=O) groups excluding carboxylic acids is 1. The topological polar surface area (TPSA) is 58.4 Å². The minimum atomic E-state index is -4.60. The predicted molar refractivity (Wildman–Crippen MR) is 93.3 cm³/mol. The lowest BCUT2D eigenvalue weighted by Crippen LogP contribution is -2.33. The van der Waals surface area contributed by atoms with E-state index in [4.69, 9.17) is 4.42 Å². The van der Waals surface area contributed by atoms with Gasteiger partial charge in [0.25, 0.3) is 11.9 Å². The quantitative estimate of drug-likeness (QED) is 0.674. The minimum Gasteiger partial charge on any atom is -0.423 e. The van der Waals surface area contributed by atoms with Crippen molar-refractivity contribution in [1.82, 2.24) is 9.88 Å². The van der Waals surface area contributed by atoms with E-state index in [1.165, 1.54) is 41.3 Å². The first kappa shape index (κ1) is 18.3. The van der Waals surface area contributed by atoms with E-state index in [0.717, 1.165) is 6.07 Å². The second-order valence-corrected chi connectivity index (χ2v) is 6.56. The molecule has 0 unspecified atom stereocenters. The van der Waals surface area contributed by atoms with E-state index in [-0.39, 0.29) is 29.7 Å². The molecular weight excluding hydrogens is 378 g/mol. The third kappa shape index (κ3) is 3.51. The summed E-state index contributed by atoms with van der Waals surface area (Å²) in [6, 6.07) is 8.65. The number of oxazole rings is 1. The Morgan fingerprint density at radius 1 is 1.21 bits per heavy atom. The lowest BCUT2D eigenvalue weighted by molar-refractivity contribution is -0.138. The van der Waals surface area contributed by atoms with Crippen LogP contribution in [0.25, 0.3) is 11.1 Å². The fourth-order valence-corrected chi connectivity index (χ4v) is 3.28. The molecule has 9 heteroatoms. The van der Waals surface area contributed by atoms with Crippen LogP contribution in [0.1, 0.15) is 22.3 Å². The van der Waals surface area contributed by atoms with E-state index < -0.39 is 23.5 Å². The van der Waals surface area contributed by atoms with Gasteiger partial charge in [-0.2, -0.15) is 18.2 Å². The monoisotopic (exact) mass is 393 g/mol. The average Bonchev–Trinajstić information content (AvgIpc) is 3.26. The smallest absolute Gasteiger partial charge is 0.417 e. The average molecular weight is 393 g/mol. The number of hydrogen-bond donors (Lipinski definition) is 1. The number of amides is 1. The Bertz CT molecular complexity index is 1030. The molecule has 1 aliphatic rings. The molecule has 4 rings (SSSR count). The van der Waals surface area contributed by atoms with Crippen molar-refractivity contribution in [2.24, 2.45) is 0 Å². The Kier molecular flexibility index (Phi) is 4.44. The highest BCUT2D eigenvalue weighted by molar-refractivity contribution is 5.96. The van der Waals surface area contributed by atoms with Crippen molar-refractivity contribution < 1.29 is 26.8 Å². The second-order valence-electron chi connectivity index (χ2n) is 6.56. The van der Waals surface area contributed by atoms with Crippen LogP contribution < -0.4 is 5.32 Å². The van der Waals surface area contributed by atoms with Gasteiger partial charge in [0.05, 0.1) is 11.1 Å². The van der Waals surface area contributed by atoms with Crippen LogP contribution in [0, 0.1) is 5.82 Å². The number of rotatable bonds is 3. The molecule has 0 bridgehead atoms. The molecule has 3 aromatic rings. The summed E-state index contributed by atoms with van der Waals surface area (Å²) in [5, 5.41) is 3.01. The zero-order chi connectivity index (χ0) is 19.9. The van der Waals surface area contributed by atoms with Crippen molar-refractivity contribution in [2.75, 3.05) is 18.4 Å². The molecule has 1 amide bonds. The van der Waals surface area contributed by atoms with Crippen molar-refractivity contribution in [1.29, 1.82) is 0 Å². The van der Waals surface area contributed by atoms with Crippen molar-refractivity contribution >= 4 is 23.0 Å². The largest absolute Gasteiger partial charge is 0.423 e. The fourth-order valence-electron chi connectivity index (χ4n) is 3.28. The normalized spacial score (nSPS) is 17.3. The van der Waals surface area contributed by atoms with Crippen LogP contribution in [0.3, 0.4) is 0 Å². The fraction of sp³-hybridized carbons (Fsp3) is 0.263. The summed E-state index contributed by atoms with van der Waals surface area (Å²) in [5.74, 6) is -1.12. The summed E-state index contributed by atoms with van der Waals surface area (Å²) in [6.07, 6.45) is -4.08. The van der Waals surface area contributed by atoms with E-state index in [2.05, 4.69) is 10.3 Å². The molecule has 5 nitrogen and oxygen atoms in total. The van der Waals surface area contributed by atoms with Crippen LogP contribution in [0.2, 0.25) is 0 Å². The Morgan fingerprint density at radius 2 is 2.00 bits per heavy atom. The van der Waals surface area contributed by atoms with E-state index in [1.54, 1.807) is 0 Å². The molecule has 146 valence electrons. The standard InChI is InChI=1S/C19H15F4N3O2/c20-11-5-6-15-16(9-11)28-18(25-15)24-12-7-8-26(10-12)17(27)13-3-1-2-4-14(13)19(21,22)23/h1-6,9,12H,7-8,10H2,(H,24,25)/t12-/m1/s1. The van der Waals surface area contributed by atoms with Crippen LogP contribution in [-0.4, -0.2) is 34.9 Å². The van der Waals surface area contributed by atoms with E-state index >= 15 is 0 Å². The van der Waals surface area contributed by atoms with E-state index in [0.29, 0.717) is 18.5 Å². The second kappa shape index (κ2) is 6.81. The highest BCUT2D eigenvalue weighted by atomic mass is 19.4. The summed E-state index contributed by atoms with van der Waals surface area (Å²) >= 11 is 0. The Hall–Kier alpha value is -3.10. The minimum absolute atomic E-state index is 0.176. The first-order chi connectivity index (χ1) is 13.3. The van der Waals surface area contributed by atoms with Gasteiger partial charge in [-0.05, 0) is 30.7 Å². The van der Waals surface area contributed by atoms with Crippen LogP contribution in [-0.2, 0) is 6.18 Å². The van der Waals surface area contributed by atoms with Gasteiger partial charge in [0.15, 0.2) is 5.58 Å². The number of likely N-dealkylation sites (tertiary alicyclic amines) is 1. The maximum Gasteiger partial charge on any atom is 0.417 e. The van der Waals surface area contributed by atoms with Gasteiger partial charge >= 0.3 is 6.18 Å². The molecule has 0 saturated carbocycles. The highest BCUT2D eigenvalue weighted by Crippen LogP contribution is 2.33. The van der Waals surface area contributed by atoms with Gasteiger partial charge in [-0.15, -0.1) is 0 Å². The third-order valence-corrected chi connectivity index (χ3v) is 4.62. The zero-order valence-corrected chi connectivity index (χ0v) is 14.5. The number of benzene rings is 2. The molecule has 1 N–H and O–H groups in total. The van der Waals surface area contributed by atoms with Crippen molar-refractivity contribution in [2.45, 2.75) is 18.6 Å². The molecule has 1 fully saturated rings. The van der Waals surface area contributed by atoms with Crippen LogP contribution in [0.4, 0.5) is 23.6 Å². The molecular formula is C19H15F4N3O2. The SMILES string of the molecule is O=C(c1ccccc1C(F)(F)F)N1CC[C@@H](Nc2nc3ccc(F)cc3o2)C1. The van der Waals surface area contributed by atoms with Crippen LogP contribution >= 0.6 is 0 Å². The molecule has 1 aromatic heterocycles. The highest BCUT2D eigenvalue weighted by Gasteiger charge is 2.37. The molecule has 2 heterocycles. The molecule has 2 aromatic carbocycles. The molecule has 0 aliphatic carbocycles. The summed E-state index contributed by atoms with van der Waals surface area (Å²) in [6.45, 7) is 0.510. The van der Waals surface area contributed by atoms with E-state index in [1.807, 2.05) is 0 Å². The maximum absolute atomic E-state index is 13.2. The Balaban J connectivity index is 1.47. The Labute approximate surface area is 157 Å². The first-order valence-corrected chi connectivity index (χ1v) is 8.59. The Morgan fingerprint density at radius 3 is 2.79 bits per heavy atom. The lowest BCUT2D eigenvalue weighted by atomic mass is 10.1. The number of hydrogen-bond acceptors (Lipinski definition) is 4. The van der Waals surface area contributed by atoms with Gasteiger partial charge in [-0.25, -0.2) is 4.39 Å². The van der Waals surface area contributed by atoms with Gasteiger partial charge in [-0.3, -0.25) is 4.79 Å². The van der Waals surface area contributed by atoms with Crippen molar-refractivity contribution in [3.8, 4) is 0 Å². The van der Waals surface area contributed by atoms with Gasteiger partial charge < -0.3 is 14.6 Å². The molecule has 0 radical (unpaired) electrons. The maximum atomic E-state index is 13.2. The van der Waals surface area contributed by atoms with Crippen LogP contribution in [0.15, 0.2) is 46.9 Å². The number of alkyl halides is 3. The lowest BCUT2D eigenvalue weighted by Gasteiger charge is -2.19. The van der Waals surface area contributed by atoms with E-state index in [9.17, 15) is 22.4 Å². The number of fused-ring (bicyclic) bond motifs is 1. The zero-order valence-electron chi connectivity index (χ0n) is 14.5. The van der Waals surface area contributed by atoms with Gasteiger partial charge in [0, 0.05) is 25.2 Å². The first-order valence-electron chi connectivity index (χ1n) is 8.59. The van der Waals surface area contributed by atoms with Gasteiger partial charge in [-0.1, -0.05) is 12.1 Å². The third-order valence-electron chi connectivity index (χ3n) is 4.62. The summed E-state index contributed by atoms with van der Waals surface area (Å²) in [7, 11) is 0. The summed E-state index contributed by atoms with van der Waals surface area (Å²) < 4.78 is 58.2. The number of aromatic nitrogens is 1. The predicted octanol–water partition coefficient (Wildman–Crippen LogP) is 4.31. The number of anilines is 1. The summed E-state index contributed by atoms with van der Waals surface area (Å²) in [4.78, 5) is 18.2. The molecule has 1 aliphatic heterocycles. The number of nitrogens with zero attached hydrogens (tertiary/aromatic N) is 2. The van der Waals surface area contributed by atoms with Gasteiger partial charge in [0.1, 0.15) is 11.3 Å².